The molecule has 1 aromatic heterocycles. The predicted octanol–water partition coefficient (Wildman–Crippen LogP) is 4.03. The van der Waals surface area contributed by atoms with Gasteiger partial charge in [0.25, 0.3) is 0 Å². The number of hydrogen-bond donors (Lipinski definition) is 2. The van der Waals surface area contributed by atoms with Crippen LogP contribution in [-0.4, -0.2) is 21.9 Å². The Morgan fingerprint density at radius 1 is 1.19 bits per heavy atom. The van der Waals surface area contributed by atoms with Crippen molar-refractivity contribution in [3.63, 3.8) is 0 Å². The van der Waals surface area contributed by atoms with Gasteiger partial charge in [0.2, 0.25) is 5.91 Å². The first kappa shape index (κ1) is 18.4. The summed E-state index contributed by atoms with van der Waals surface area (Å²) in [6, 6.07) is 8.16. The van der Waals surface area contributed by atoms with E-state index in [0.717, 1.165) is 34.1 Å². The fourth-order valence-electron chi connectivity index (χ4n) is 4.52. The molecule has 0 radical (unpaired) electrons. The van der Waals surface area contributed by atoms with Crippen LogP contribution in [0.2, 0.25) is 0 Å². The predicted molar refractivity (Wildman–Crippen MR) is 107 cm³/mol. The van der Waals surface area contributed by atoms with Gasteiger partial charge < -0.3 is 11.1 Å². The summed E-state index contributed by atoms with van der Waals surface area (Å²) >= 11 is 1.52. The molecule has 1 heterocycles. The molecule has 4 rings (SSSR count). The number of anilines is 1. The van der Waals surface area contributed by atoms with Gasteiger partial charge in [-0.25, -0.2) is 9.97 Å². The number of fused-ring (bicyclic) bond motifs is 2. The lowest BCUT2D eigenvalue weighted by molar-refractivity contribution is -0.122. The molecule has 2 fully saturated rings. The molecule has 2 aliphatic carbocycles. The maximum atomic E-state index is 12.9. The van der Waals surface area contributed by atoms with Crippen LogP contribution in [0.4, 0.5) is 5.69 Å². The minimum absolute atomic E-state index is 0.0891. The Morgan fingerprint density at radius 3 is 2.56 bits per heavy atom. The van der Waals surface area contributed by atoms with Crippen molar-refractivity contribution < 1.29 is 4.79 Å². The number of amides is 1. The zero-order chi connectivity index (χ0) is 18.8. The second kappa shape index (κ2) is 7.98. The lowest BCUT2D eigenvalue weighted by atomic mass is 9.65. The largest absolute Gasteiger partial charge is 0.327 e. The highest BCUT2D eigenvalue weighted by Crippen LogP contribution is 2.42. The van der Waals surface area contributed by atoms with E-state index < -0.39 is 0 Å². The van der Waals surface area contributed by atoms with E-state index in [1.165, 1.54) is 31.0 Å². The summed E-state index contributed by atoms with van der Waals surface area (Å²) in [4.78, 5) is 22.4. The lowest BCUT2D eigenvalue weighted by Gasteiger charge is -2.43. The molecule has 1 amide bonds. The Hall–Kier alpha value is -1.92. The summed E-state index contributed by atoms with van der Waals surface area (Å²) in [6.07, 6.45) is 8.96. The Labute approximate surface area is 164 Å². The standard InChI is InChI=1S/C21H26N4OS/c1-13-10-17(27-21-23-8-3-9-24-21)6-7-18(13)25-20(26)16-11-14-4-2-5-15(12-16)19(14)22/h3,6-10,14-16,19H,2,4-5,11-12,22H2,1H3,(H,25,26). The fourth-order valence-corrected chi connectivity index (χ4v) is 5.33. The minimum atomic E-state index is 0.0891. The number of benzene rings is 1. The first-order valence-electron chi connectivity index (χ1n) is 9.72. The Balaban J connectivity index is 1.41. The van der Waals surface area contributed by atoms with Gasteiger partial charge >= 0.3 is 0 Å². The molecule has 2 atom stereocenters. The molecule has 2 aliphatic rings. The molecule has 2 aromatic rings. The molecule has 5 nitrogen and oxygen atoms in total. The molecule has 27 heavy (non-hydrogen) atoms. The van der Waals surface area contributed by atoms with E-state index in [0.29, 0.717) is 17.9 Å². The van der Waals surface area contributed by atoms with E-state index in [1.54, 1.807) is 18.5 Å². The van der Waals surface area contributed by atoms with Gasteiger partial charge in [-0.1, -0.05) is 6.42 Å². The molecule has 2 saturated carbocycles. The van der Waals surface area contributed by atoms with E-state index in [-0.39, 0.29) is 11.8 Å². The minimum Gasteiger partial charge on any atom is -0.327 e. The van der Waals surface area contributed by atoms with Crippen LogP contribution >= 0.6 is 11.8 Å². The highest BCUT2D eigenvalue weighted by atomic mass is 32.2. The molecule has 0 spiro atoms. The van der Waals surface area contributed by atoms with Crippen LogP contribution in [0.1, 0.15) is 37.7 Å². The molecule has 0 saturated heterocycles. The molecule has 2 unspecified atom stereocenters. The number of aromatic nitrogens is 2. The van der Waals surface area contributed by atoms with Crippen LogP contribution in [0.25, 0.3) is 0 Å². The van der Waals surface area contributed by atoms with E-state index >= 15 is 0 Å². The molecule has 6 heteroatoms. The number of carbonyl (C=O) groups is 1. The molecule has 1 aromatic carbocycles. The maximum Gasteiger partial charge on any atom is 0.227 e. The summed E-state index contributed by atoms with van der Waals surface area (Å²) in [5.41, 5.74) is 8.30. The average Bonchev–Trinajstić information content (AvgIpc) is 2.64. The van der Waals surface area contributed by atoms with E-state index in [4.69, 9.17) is 5.73 Å². The van der Waals surface area contributed by atoms with Crippen LogP contribution in [0.5, 0.6) is 0 Å². The third kappa shape index (κ3) is 4.17. The third-order valence-electron chi connectivity index (χ3n) is 5.99. The van der Waals surface area contributed by atoms with Crippen molar-refractivity contribution in [2.45, 2.75) is 55.1 Å². The zero-order valence-corrected chi connectivity index (χ0v) is 16.4. The summed E-state index contributed by atoms with van der Waals surface area (Å²) < 4.78 is 0. The van der Waals surface area contributed by atoms with Crippen molar-refractivity contribution in [2.75, 3.05) is 5.32 Å². The van der Waals surface area contributed by atoms with Gasteiger partial charge in [-0.05, 0) is 86.0 Å². The monoisotopic (exact) mass is 382 g/mol. The summed E-state index contributed by atoms with van der Waals surface area (Å²) in [5.74, 6) is 1.26. The summed E-state index contributed by atoms with van der Waals surface area (Å²) in [6.45, 7) is 2.02. The van der Waals surface area contributed by atoms with Gasteiger partial charge in [-0.3, -0.25) is 4.79 Å². The normalized spacial score (nSPS) is 27.2. The Bertz CT molecular complexity index is 799. The molecule has 0 aliphatic heterocycles. The molecular formula is C21H26N4OS. The Kier molecular flexibility index (Phi) is 5.45. The number of nitrogens with one attached hydrogen (secondary N) is 1. The third-order valence-corrected chi connectivity index (χ3v) is 6.87. The fraction of sp³-hybridized carbons (Fsp3) is 0.476. The summed E-state index contributed by atoms with van der Waals surface area (Å²) in [5, 5.41) is 3.88. The van der Waals surface area contributed by atoms with Crippen LogP contribution < -0.4 is 11.1 Å². The van der Waals surface area contributed by atoms with Gasteiger partial charge in [0, 0.05) is 34.9 Å². The van der Waals surface area contributed by atoms with Gasteiger partial charge in [0.15, 0.2) is 5.16 Å². The first-order chi connectivity index (χ1) is 13.1. The molecule has 2 bridgehead atoms. The van der Waals surface area contributed by atoms with Gasteiger partial charge in [0.05, 0.1) is 0 Å². The SMILES string of the molecule is Cc1cc(Sc2ncccn2)ccc1NC(=O)C1CC2CCCC(C1)C2N. The first-order valence-corrected chi connectivity index (χ1v) is 10.5. The smallest absolute Gasteiger partial charge is 0.227 e. The Morgan fingerprint density at radius 2 is 1.89 bits per heavy atom. The lowest BCUT2D eigenvalue weighted by Crippen LogP contribution is -2.48. The van der Waals surface area contributed by atoms with Crippen molar-refractivity contribution in [1.82, 2.24) is 9.97 Å². The number of nitrogens with zero attached hydrogens (tertiary/aromatic N) is 2. The zero-order valence-electron chi connectivity index (χ0n) is 15.6. The van der Waals surface area contributed by atoms with Crippen molar-refractivity contribution in [3.8, 4) is 0 Å². The second-order valence-corrected chi connectivity index (χ2v) is 8.84. The number of nitrogens with two attached hydrogens (primary N) is 1. The van der Waals surface area contributed by atoms with E-state index in [1.807, 2.05) is 19.1 Å². The highest BCUT2D eigenvalue weighted by Gasteiger charge is 2.40. The number of carbonyl (C=O) groups excluding carboxylic acids is 1. The van der Waals surface area contributed by atoms with Crippen molar-refractivity contribution >= 4 is 23.4 Å². The number of hydrogen-bond acceptors (Lipinski definition) is 5. The van der Waals surface area contributed by atoms with Crippen LogP contribution in [0.15, 0.2) is 46.7 Å². The average molecular weight is 383 g/mol. The van der Waals surface area contributed by atoms with Crippen molar-refractivity contribution in [2.24, 2.45) is 23.5 Å². The van der Waals surface area contributed by atoms with E-state index in [2.05, 4.69) is 21.4 Å². The van der Waals surface area contributed by atoms with Crippen LogP contribution in [0.3, 0.4) is 0 Å². The van der Waals surface area contributed by atoms with E-state index in [9.17, 15) is 4.79 Å². The maximum absolute atomic E-state index is 12.9. The molecule has 3 N–H and O–H groups in total. The van der Waals surface area contributed by atoms with Crippen LogP contribution in [0, 0.1) is 24.7 Å². The highest BCUT2D eigenvalue weighted by molar-refractivity contribution is 7.99. The summed E-state index contributed by atoms with van der Waals surface area (Å²) in [7, 11) is 0. The number of rotatable bonds is 4. The topological polar surface area (TPSA) is 80.9 Å². The van der Waals surface area contributed by atoms with Gasteiger partial charge in [-0.2, -0.15) is 0 Å². The number of aryl methyl sites for hydroxylation is 1. The van der Waals surface area contributed by atoms with Crippen molar-refractivity contribution in [1.29, 1.82) is 0 Å². The molecular weight excluding hydrogens is 356 g/mol. The van der Waals surface area contributed by atoms with Crippen molar-refractivity contribution in [3.05, 3.63) is 42.2 Å². The molecule has 142 valence electrons. The van der Waals surface area contributed by atoms with Gasteiger partial charge in [-0.15, -0.1) is 0 Å². The quantitative estimate of drug-likeness (QED) is 0.781. The van der Waals surface area contributed by atoms with Gasteiger partial charge in [0.1, 0.15) is 0 Å². The second-order valence-electron chi connectivity index (χ2n) is 7.80. The van der Waals surface area contributed by atoms with Crippen LogP contribution in [-0.2, 0) is 4.79 Å².